The Morgan fingerprint density at radius 2 is 2.23 bits per heavy atom. The Bertz CT molecular complexity index is 667. The van der Waals surface area contributed by atoms with Crippen LogP contribution in [-0.2, 0) is 17.6 Å². The molecule has 1 aromatic carbocycles. The average Bonchev–Trinajstić information content (AvgIpc) is 2.89. The minimum atomic E-state index is -0.348. The number of amides is 1. The SMILES string of the molecule is C[C@H]1CCc2noc(NC(=O)COc3ccc(F)cc3)c2C1. The van der Waals surface area contributed by atoms with Crippen molar-refractivity contribution < 1.29 is 18.4 Å². The monoisotopic (exact) mass is 304 g/mol. The highest BCUT2D eigenvalue weighted by Crippen LogP contribution is 2.30. The van der Waals surface area contributed by atoms with E-state index in [-0.39, 0.29) is 18.3 Å². The number of benzene rings is 1. The predicted octanol–water partition coefficient (Wildman–Crippen LogP) is 2.96. The summed E-state index contributed by atoms with van der Waals surface area (Å²) in [5.74, 6) is 0.720. The summed E-state index contributed by atoms with van der Waals surface area (Å²) in [5, 5.41) is 6.69. The summed E-state index contributed by atoms with van der Waals surface area (Å²) in [4.78, 5) is 11.9. The van der Waals surface area contributed by atoms with Crippen molar-refractivity contribution in [3.63, 3.8) is 0 Å². The maximum atomic E-state index is 12.8. The van der Waals surface area contributed by atoms with Crippen LogP contribution in [0.4, 0.5) is 10.3 Å². The first-order valence-corrected chi connectivity index (χ1v) is 7.27. The molecule has 3 rings (SSSR count). The first kappa shape index (κ1) is 14.6. The second-order valence-corrected chi connectivity index (χ2v) is 5.58. The minimum absolute atomic E-state index is 0.170. The fraction of sp³-hybridized carbons (Fsp3) is 0.375. The van der Waals surface area contributed by atoms with Crippen LogP contribution < -0.4 is 10.1 Å². The van der Waals surface area contributed by atoms with E-state index in [1.807, 2.05) is 0 Å². The van der Waals surface area contributed by atoms with E-state index in [0.717, 1.165) is 30.5 Å². The molecule has 0 unspecified atom stereocenters. The van der Waals surface area contributed by atoms with E-state index in [1.54, 1.807) is 0 Å². The number of nitrogens with one attached hydrogen (secondary N) is 1. The highest BCUT2D eigenvalue weighted by molar-refractivity contribution is 5.91. The number of aryl methyl sites for hydroxylation is 1. The number of ether oxygens (including phenoxy) is 1. The number of halogens is 1. The molecule has 116 valence electrons. The molecule has 6 heteroatoms. The van der Waals surface area contributed by atoms with E-state index in [4.69, 9.17) is 9.26 Å². The van der Waals surface area contributed by atoms with Gasteiger partial charge in [-0.25, -0.2) is 4.39 Å². The molecule has 1 aromatic heterocycles. The second-order valence-electron chi connectivity index (χ2n) is 5.58. The second kappa shape index (κ2) is 6.17. The number of carbonyl (C=O) groups is 1. The molecule has 0 bridgehead atoms. The molecule has 0 spiro atoms. The van der Waals surface area contributed by atoms with E-state index in [1.165, 1.54) is 24.3 Å². The molecule has 2 aromatic rings. The van der Waals surface area contributed by atoms with E-state index in [9.17, 15) is 9.18 Å². The molecular formula is C16H17FN2O3. The molecule has 0 saturated carbocycles. The van der Waals surface area contributed by atoms with Crippen LogP contribution in [0.1, 0.15) is 24.6 Å². The number of hydrogen-bond acceptors (Lipinski definition) is 4. The third-order valence-electron chi connectivity index (χ3n) is 3.73. The van der Waals surface area contributed by atoms with Gasteiger partial charge in [-0.1, -0.05) is 12.1 Å². The summed E-state index contributed by atoms with van der Waals surface area (Å²) in [6.07, 6.45) is 2.82. The van der Waals surface area contributed by atoms with Gasteiger partial charge in [0.05, 0.1) is 5.69 Å². The van der Waals surface area contributed by atoms with Crippen molar-refractivity contribution in [3.05, 3.63) is 41.3 Å². The van der Waals surface area contributed by atoms with Crippen molar-refractivity contribution >= 4 is 11.8 Å². The lowest BCUT2D eigenvalue weighted by Crippen LogP contribution is -2.21. The number of nitrogens with zero attached hydrogens (tertiary/aromatic N) is 1. The summed E-state index contributed by atoms with van der Waals surface area (Å²) in [5.41, 5.74) is 1.90. The Hall–Kier alpha value is -2.37. The summed E-state index contributed by atoms with van der Waals surface area (Å²) in [7, 11) is 0. The first-order valence-electron chi connectivity index (χ1n) is 7.27. The third-order valence-corrected chi connectivity index (χ3v) is 3.73. The first-order chi connectivity index (χ1) is 10.6. The zero-order valence-corrected chi connectivity index (χ0v) is 12.3. The Morgan fingerprint density at radius 3 is 3.00 bits per heavy atom. The van der Waals surface area contributed by atoms with Gasteiger partial charge in [-0.2, -0.15) is 0 Å². The standard InChI is InChI=1S/C16H17FN2O3/c1-10-2-7-14-13(8-10)16(22-19-14)18-15(20)9-21-12-5-3-11(17)4-6-12/h3-6,10H,2,7-9H2,1H3,(H,18,20)/t10-/m0/s1. The molecule has 1 heterocycles. The summed E-state index contributed by atoms with van der Waals surface area (Å²) in [6.45, 7) is 2.00. The summed E-state index contributed by atoms with van der Waals surface area (Å²) in [6, 6.07) is 5.50. The number of rotatable bonds is 4. The molecule has 1 amide bonds. The summed E-state index contributed by atoms with van der Waals surface area (Å²) >= 11 is 0. The van der Waals surface area contributed by atoms with Crippen LogP contribution in [0.3, 0.4) is 0 Å². The number of carbonyl (C=O) groups excluding carboxylic acids is 1. The number of hydrogen-bond donors (Lipinski definition) is 1. The minimum Gasteiger partial charge on any atom is -0.484 e. The Morgan fingerprint density at radius 1 is 1.45 bits per heavy atom. The van der Waals surface area contributed by atoms with E-state index in [2.05, 4.69) is 17.4 Å². The van der Waals surface area contributed by atoms with E-state index in [0.29, 0.717) is 17.6 Å². The van der Waals surface area contributed by atoms with Crippen LogP contribution in [0, 0.1) is 11.7 Å². The van der Waals surface area contributed by atoms with Gasteiger partial charge in [-0.15, -0.1) is 0 Å². The highest BCUT2D eigenvalue weighted by atomic mass is 19.1. The van der Waals surface area contributed by atoms with Crippen molar-refractivity contribution in [2.24, 2.45) is 5.92 Å². The van der Waals surface area contributed by atoms with Gasteiger partial charge in [0.15, 0.2) is 6.61 Å². The molecule has 0 radical (unpaired) electrons. The zero-order chi connectivity index (χ0) is 15.5. The molecule has 0 saturated heterocycles. The van der Waals surface area contributed by atoms with Gasteiger partial charge in [0.1, 0.15) is 11.6 Å². The maximum absolute atomic E-state index is 12.8. The number of fused-ring (bicyclic) bond motifs is 1. The van der Waals surface area contributed by atoms with Crippen LogP contribution >= 0.6 is 0 Å². The highest BCUT2D eigenvalue weighted by Gasteiger charge is 2.24. The van der Waals surface area contributed by atoms with E-state index < -0.39 is 0 Å². The molecular weight excluding hydrogens is 287 g/mol. The average molecular weight is 304 g/mol. The number of anilines is 1. The van der Waals surface area contributed by atoms with Gasteiger partial charge in [0, 0.05) is 5.56 Å². The molecule has 22 heavy (non-hydrogen) atoms. The Labute approximate surface area is 127 Å². The predicted molar refractivity (Wildman–Crippen MR) is 78.2 cm³/mol. The quantitative estimate of drug-likeness (QED) is 0.943. The maximum Gasteiger partial charge on any atom is 0.264 e. The molecule has 1 aliphatic carbocycles. The lowest BCUT2D eigenvalue weighted by molar-refractivity contribution is -0.118. The van der Waals surface area contributed by atoms with Crippen LogP contribution in [0.15, 0.2) is 28.8 Å². The molecule has 1 aliphatic rings. The van der Waals surface area contributed by atoms with Gasteiger partial charge < -0.3 is 9.26 Å². The topological polar surface area (TPSA) is 64.4 Å². The van der Waals surface area contributed by atoms with Gasteiger partial charge in [0.2, 0.25) is 5.88 Å². The largest absolute Gasteiger partial charge is 0.484 e. The van der Waals surface area contributed by atoms with Gasteiger partial charge in [-0.05, 0) is 49.4 Å². The van der Waals surface area contributed by atoms with Gasteiger partial charge >= 0.3 is 0 Å². The van der Waals surface area contributed by atoms with Crippen molar-refractivity contribution in [1.82, 2.24) is 5.16 Å². The molecule has 0 aliphatic heterocycles. The normalized spacial score (nSPS) is 16.9. The number of aromatic nitrogens is 1. The third kappa shape index (κ3) is 3.27. The van der Waals surface area contributed by atoms with Crippen LogP contribution in [0.2, 0.25) is 0 Å². The van der Waals surface area contributed by atoms with Gasteiger partial charge in [-0.3, -0.25) is 10.1 Å². The van der Waals surface area contributed by atoms with Gasteiger partial charge in [0.25, 0.3) is 5.91 Å². The Balaban J connectivity index is 1.58. The van der Waals surface area contributed by atoms with E-state index >= 15 is 0 Å². The van der Waals surface area contributed by atoms with Crippen molar-refractivity contribution in [3.8, 4) is 5.75 Å². The zero-order valence-electron chi connectivity index (χ0n) is 12.3. The fourth-order valence-electron chi connectivity index (χ4n) is 2.52. The van der Waals surface area contributed by atoms with Crippen LogP contribution in [0.25, 0.3) is 0 Å². The molecule has 1 N–H and O–H groups in total. The lowest BCUT2D eigenvalue weighted by Gasteiger charge is -2.16. The van der Waals surface area contributed by atoms with Crippen molar-refractivity contribution in [2.75, 3.05) is 11.9 Å². The molecule has 0 fully saturated rings. The van der Waals surface area contributed by atoms with Crippen molar-refractivity contribution in [1.29, 1.82) is 0 Å². The Kier molecular flexibility index (Phi) is 4.09. The van der Waals surface area contributed by atoms with Crippen LogP contribution in [-0.4, -0.2) is 17.7 Å². The summed E-state index contributed by atoms with van der Waals surface area (Å²) < 4.78 is 23.3. The lowest BCUT2D eigenvalue weighted by atomic mass is 9.89. The van der Waals surface area contributed by atoms with Crippen molar-refractivity contribution in [2.45, 2.75) is 26.2 Å². The molecule has 5 nitrogen and oxygen atoms in total. The van der Waals surface area contributed by atoms with Crippen LogP contribution in [0.5, 0.6) is 5.75 Å². The smallest absolute Gasteiger partial charge is 0.264 e. The fourth-order valence-corrected chi connectivity index (χ4v) is 2.52. The molecule has 1 atom stereocenters.